The second-order valence-electron chi connectivity index (χ2n) is 7.37. The number of halogens is 3. The summed E-state index contributed by atoms with van der Waals surface area (Å²) in [5.74, 6) is 0.191. The lowest BCUT2D eigenvalue weighted by molar-refractivity contribution is -0.112. The van der Waals surface area contributed by atoms with Gasteiger partial charge in [0.05, 0.1) is 13.6 Å². The number of benzene rings is 4. The molecule has 0 spiro atoms. The Morgan fingerprint density at radius 3 is 2.56 bits per heavy atom. The fourth-order valence-electron chi connectivity index (χ4n) is 3.39. The predicted molar refractivity (Wildman–Crippen MR) is 146 cm³/mol. The van der Waals surface area contributed by atoms with E-state index in [-0.39, 0.29) is 5.57 Å². The Morgan fingerprint density at radius 2 is 1.79 bits per heavy atom. The molecule has 0 aliphatic rings. The first kappa shape index (κ1) is 24.1. The van der Waals surface area contributed by atoms with Crippen molar-refractivity contribution in [2.45, 2.75) is 6.61 Å². The zero-order chi connectivity index (χ0) is 24.1. The molecule has 0 saturated heterocycles. The fraction of sp³-hybridized carbons (Fsp3) is 0.0370. The number of nitriles is 1. The first-order chi connectivity index (χ1) is 16.4. The summed E-state index contributed by atoms with van der Waals surface area (Å²) < 4.78 is 6.94. The summed E-state index contributed by atoms with van der Waals surface area (Å²) in [6, 6.07) is 26.5. The fourth-order valence-corrected chi connectivity index (χ4v) is 4.38. The van der Waals surface area contributed by atoms with Crippen LogP contribution in [0.5, 0.6) is 5.75 Å². The number of nitrogens with zero attached hydrogens (tertiary/aromatic N) is 1. The number of amides is 1. The van der Waals surface area contributed by atoms with Gasteiger partial charge in [0.2, 0.25) is 0 Å². The highest BCUT2D eigenvalue weighted by molar-refractivity contribution is 14.1. The molecular formula is C27H17Cl2IN2O2. The van der Waals surface area contributed by atoms with Gasteiger partial charge in [-0.1, -0.05) is 71.7 Å². The molecule has 0 saturated carbocycles. The molecule has 1 N–H and O–H groups in total. The molecule has 168 valence electrons. The van der Waals surface area contributed by atoms with Crippen molar-refractivity contribution in [3.8, 4) is 11.8 Å². The summed E-state index contributed by atoms with van der Waals surface area (Å²) in [5, 5.41) is 15.2. The van der Waals surface area contributed by atoms with Crippen LogP contribution in [-0.4, -0.2) is 5.91 Å². The molecule has 0 aromatic heterocycles. The van der Waals surface area contributed by atoms with Crippen molar-refractivity contribution in [1.82, 2.24) is 0 Å². The molecule has 0 heterocycles. The van der Waals surface area contributed by atoms with E-state index in [0.717, 1.165) is 20.3 Å². The molecule has 0 radical (unpaired) electrons. The monoisotopic (exact) mass is 598 g/mol. The molecule has 34 heavy (non-hydrogen) atoms. The van der Waals surface area contributed by atoms with E-state index in [0.29, 0.717) is 27.9 Å². The summed E-state index contributed by atoms with van der Waals surface area (Å²) in [5.41, 5.74) is 2.23. The normalized spacial score (nSPS) is 11.2. The zero-order valence-electron chi connectivity index (χ0n) is 17.7. The van der Waals surface area contributed by atoms with Gasteiger partial charge in [0.15, 0.2) is 0 Å². The van der Waals surface area contributed by atoms with Crippen LogP contribution in [0.15, 0.2) is 84.4 Å². The van der Waals surface area contributed by atoms with Crippen LogP contribution in [0.4, 0.5) is 5.69 Å². The molecule has 0 atom stereocenters. The predicted octanol–water partition coefficient (Wildman–Crippen LogP) is 7.88. The number of carbonyl (C=O) groups is 1. The van der Waals surface area contributed by atoms with E-state index in [1.54, 1.807) is 12.1 Å². The van der Waals surface area contributed by atoms with Crippen LogP contribution in [0, 0.1) is 14.9 Å². The lowest BCUT2D eigenvalue weighted by atomic mass is 10.1. The quantitative estimate of drug-likeness (QED) is 0.139. The van der Waals surface area contributed by atoms with Crippen LogP contribution in [0.25, 0.3) is 16.8 Å². The maximum atomic E-state index is 12.6. The Morgan fingerprint density at radius 1 is 1.00 bits per heavy atom. The van der Waals surface area contributed by atoms with Crippen molar-refractivity contribution in [2.75, 3.05) is 5.32 Å². The third-order valence-corrected chi connectivity index (χ3v) is 6.65. The summed E-state index contributed by atoms with van der Waals surface area (Å²) >= 11 is 14.1. The van der Waals surface area contributed by atoms with Crippen molar-refractivity contribution < 1.29 is 9.53 Å². The minimum Gasteiger partial charge on any atom is -0.488 e. The van der Waals surface area contributed by atoms with Crippen LogP contribution < -0.4 is 10.1 Å². The van der Waals surface area contributed by atoms with Crippen LogP contribution >= 0.6 is 45.8 Å². The minimum atomic E-state index is -0.535. The van der Waals surface area contributed by atoms with E-state index >= 15 is 0 Å². The number of rotatable bonds is 6. The van der Waals surface area contributed by atoms with Gasteiger partial charge in [-0.25, -0.2) is 0 Å². The van der Waals surface area contributed by atoms with E-state index < -0.39 is 5.91 Å². The highest BCUT2D eigenvalue weighted by Crippen LogP contribution is 2.27. The third-order valence-electron chi connectivity index (χ3n) is 5.07. The van der Waals surface area contributed by atoms with E-state index in [1.165, 1.54) is 17.5 Å². The Bertz CT molecular complexity index is 1460. The van der Waals surface area contributed by atoms with Crippen LogP contribution in [-0.2, 0) is 11.4 Å². The van der Waals surface area contributed by atoms with Gasteiger partial charge in [-0.15, -0.1) is 0 Å². The van der Waals surface area contributed by atoms with Crippen molar-refractivity contribution in [2.24, 2.45) is 0 Å². The van der Waals surface area contributed by atoms with Gasteiger partial charge in [0, 0.05) is 5.69 Å². The Hall–Kier alpha value is -3.05. The van der Waals surface area contributed by atoms with Crippen molar-refractivity contribution >= 4 is 74.2 Å². The van der Waals surface area contributed by atoms with Crippen LogP contribution in [0.3, 0.4) is 0 Å². The highest BCUT2D eigenvalue weighted by Gasteiger charge is 2.12. The molecule has 0 bridgehead atoms. The van der Waals surface area contributed by atoms with Gasteiger partial charge in [0.1, 0.15) is 24.0 Å². The molecule has 0 fully saturated rings. The molecule has 4 aromatic rings. The number of carbonyl (C=O) groups excluding carboxylic acids is 1. The average Bonchev–Trinajstić information content (AvgIpc) is 2.84. The summed E-state index contributed by atoms with van der Waals surface area (Å²) in [6.45, 7) is 0.433. The molecule has 0 aliphatic carbocycles. The van der Waals surface area contributed by atoms with Crippen molar-refractivity contribution in [1.29, 1.82) is 5.26 Å². The number of nitrogens with one attached hydrogen (secondary N) is 1. The lowest BCUT2D eigenvalue weighted by Crippen LogP contribution is -2.13. The van der Waals surface area contributed by atoms with Crippen LogP contribution in [0.2, 0.25) is 10.0 Å². The Balaban J connectivity index is 1.48. The van der Waals surface area contributed by atoms with E-state index in [1.807, 2.05) is 42.5 Å². The lowest BCUT2D eigenvalue weighted by Gasteiger charge is -2.11. The number of anilines is 1. The van der Waals surface area contributed by atoms with Gasteiger partial charge in [0.25, 0.3) is 5.91 Å². The Kier molecular flexibility index (Phi) is 7.73. The van der Waals surface area contributed by atoms with Crippen molar-refractivity contribution in [3.63, 3.8) is 0 Å². The Labute approximate surface area is 220 Å². The van der Waals surface area contributed by atoms with Gasteiger partial charge < -0.3 is 10.1 Å². The average molecular weight is 599 g/mol. The molecular weight excluding hydrogens is 582 g/mol. The molecule has 4 rings (SSSR count). The second-order valence-corrected chi connectivity index (χ2v) is 9.35. The topological polar surface area (TPSA) is 62.1 Å². The van der Waals surface area contributed by atoms with Gasteiger partial charge in [-0.2, -0.15) is 5.26 Å². The SMILES string of the molecule is N#C/C(=C\c1ccc(OCc2cccc3ccccc23)c(I)c1)C(=O)Nc1ccc(Cl)c(Cl)c1. The molecule has 1 amide bonds. The zero-order valence-corrected chi connectivity index (χ0v) is 21.4. The van der Waals surface area contributed by atoms with E-state index in [9.17, 15) is 10.1 Å². The molecule has 4 nitrogen and oxygen atoms in total. The van der Waals surface area contributed by atoms with E-state index in [4.69, 9.17) is 27.9 Å². The van der Waals surface area contributed by atoms with Gasteiger partial charge in [-0.3, -0.25) is 4.79 Å². The second kappa shape index (κ2) is 10.9. The number of fused-ring (bicyclic) bond motifs is 1. The molecule has 4 aromatic carbocycles. The first-order valence-electron chi connectivity index (χ1n) is 10.2. The van der Waals surface area contributed by atoms with Crippen molar-refractivity contribution in [3.05, 3.63) is 109 Å². The maximum absolute atomic E-state index is 12.6. The maximum Gasteiger partial charge on any atom is 0.266 e. The standard InChI is InChI=1S/C27H17Cl2IN2O2/c28-23-10-9-21(14-24(23)29)32-27(33)20(15-31)12-17-8-11-26(25(30)13-17)34-16-19-6-3-5-18-4-1-2-7-22(18)19/h1-14H,16H2,(H,32,33)/b20-12+. The van der Waals surface area contributed by atoms with Crippen LogP contribution in [0.1, 0.15) is 11.1 Å². The molecule has 7 heteroatoms. The number of hydrogen-bond donors (Lipinski definition) is 1. The number of ether oxygens (including phenoxy) is 1. The third kappa shape index (κ3) is 5.71. The summed E-state index contributed by atoms with van der Waals surface area (Å²) in [7, 11) is 0. The highest BCUT2D eigenvalue weighted by atomic mass is 127. The number of hydrogen-bond acceptors (Lipinski definition) is 3. The van der Waals surface area contributed by atoms with E-state index in [2.05, 4.69) is 52.2 Å². The largest absolute Gasteiger partial charge is 0.488 e. The summed E-state index contributed by atoms with van der Waals surface area (Å²) in [6.07, 6.45) is 1.53. The minimum absolute atomic E-state index is 0.0358. The molecule has 0 aliphatic heterocycles. The van der Waals surface area contributed by atoms with Gasteiger partial charge in [-0.05, 0) is 80.9 Å². The molecule has 0 unspecified atom stereocenters. The smallest absolute Gasteiger partial charge is 0.266 e. The first-order valence-corrected chi connectivity index (χ1v) is 12.1. The summed E-state index contributed by atoms with van der Waals surface area (Å²) in [4.78, 5) is 12.6. The van der Waals surface area contributed by atoms with Gasteiger partial charge >= 0.3 is 0 Å².